The first-order valence-electron chi connectivity index (χ1n) is 5.83. The van der Waals surface area contributed by atoms with Crippen molar-refractivity contribution in [2.75, 3.05) is 17.3 Å². The van der Waals surface area contributed by atoms with Gasteiger partial charge in [0.1, 0.15) is 5.69 Å². The highest BCUT2D eigenvalue weighted by atomic mass is 19.2. The maximum absolute atomic E-state index is 13.8. The zero-order chi connectivity index (χ0) is 13.5. The van der Waals surface area contributed by atoms with Crippen LogP contribution in [0.1, 0.15) is 24.8 Å². The van der Waals surface area contributed by atoms with Gasteiger partial charge in [0, 0.05) is 0 Å². The number of rotatable bonds is 3. The molecule has 5 N–H and O–H groups in total. The molecule has 0 aliphatic heterocycles. The first-order chi connectivity index (χ1) is 8.34. The standard InChI is InChI=1S/C12H17F2N3O/c1-7-5-8(15)11(10(14)9(7)13)17(16)6-12(18)3-2-4-12/h5,18H,2-4,6,15-16H2,1H3. The molecular formula is C12H17F2N3O. The highest BCUT2D eigenvalue weighted by Crippen LogP contribution is 2.35. The van der Waals surface area contributed by atoms with Gasteiger partial charge in [-0.15, -0.1) is 0 Å². The third-order valence-corrected chi connectivity index (χ3v) is 3.43. The summed E-state index contributed by atoms with van der Waals surface area (Å²) < 4.78 is 27.3. The zero-order valence-electron chi connectivity index (χ0n) is 10.2. The molecule has 1 aliphatic rings. The van der Waals surface area contributed by atoms with Crippen molar-refractivity contribution in [1.29, 1.82) is 0 Å². The Kier molecular flexibility index (Phi) is 3.16. The van der Waals surface area contributed by atoms with Crippen LogP contribution in [0.5, 0.6) is 0 Å². The predicted octanol–water partition coefficient (Wildman–Crippen LogP) is 1.45. The molecule has 1 aliphatic carbocycles. The number of aliphatic hydroxyl groups is 1. The lowest BCUT2D eigenvalue weighted by molar-refractivity contribution is -0.0256. The van der Waals surface area contributed by atoms with Crippen LogP contribution in [-0.2, 0) is 0 Å². The number of hydrogen-bond acceptors (Lipinski definition) is 4. The maximum Gasteiger partial charge on any atom is 0.185 e. The van der Waals surface area contributed by atoms with E-state index in [-0.39, 0.29) is 23.5 Å². The molecule has 1 saturated carbocycles. The van der Waals surface area contributed by atoms with E-state index in [0.717, 1.165) is 11.4 Å². The van der Waals surface area contributed by atoms with Crippen molar-refractivity contribution in [3.63, 3.8) is 0 Å². The average Bonchev–Trinajstić information content (AvgIpc) is 2.24. The van der Waals surface area contributed by atoms with Gasteiger partial charge in [0.15, 0.2) is 11.6 Å². The average molecular weight is 257 g/mol. The summed E-state index contributed by atoms with van der Waals surface area (Å²) in [5.74, 6) is 3.66. The largest absolute Gasteiger partial charge is 0.397 e. The quantitative estimate of drug-likeness (QED) is 0.435. The molecule has 0 amide bonds. The smallest absolute Gasteiger partial charge is 0.185 e. The molecule has 4 nitrogen and oxygen atoms in total. The molecule has 0 atom stereocenters. The van der Waals surface area contributed by atoms with Gasteiger partial charge in [-0.25, -0.2) is 14.6 Å². The van der Waals surface area contributed by atoms with Crippen molar-refractivity contribution in [2.24, 2.45) is 5.84 Å². The lowest BCUT2D eigenvalue weighted by Gasteiger charge is -2.40. The first-order valence-corrected chi connectivity index (χ1v) is 5.83. The van der Waals surface area contributed by atoms with Gasteiger partial charge in [0.2, 0.25) is 0 Å². The molecule has 0 saturated heterocycles. The molecule has 0 bridgehead atoms. The number of hydrogen-bond donors (Lipinski definition) is 3. The summed E-state index contributed by atoms with van der Waals surface area (Å²) in [6, 6.07) is 1.33. The molecule has 1 aromatic carbocycles. The molecule has 1 aromatic rings. The molecular weight excluding hydrogens is 240 g/mol. The van der Waals surface area contributed by atoms with Crippen molar-refractivity contribution < 1.29 is 13.9 Å². The number of nitrogens with zero attached hydrogens (tertiary/aromatic N) is 1. The molecule has 0 aromatic heterocycles. The highest BCUT2D eigenvalue weighted by Gasteiger charge is 2.36. The van der Waals surface area contributed by atoms with Crippen LogP contribution < -0.4 is 16.6 Å². The molecule has 1 fully saturated rings. The minimum Gasteiger partial charge on any atom is -0.397 e. The van der Waals surface area contributed by atoms with E-state index >= 15 is 0 Å². The van der Waals surface area contributed by atoms with Gasteiger partial charge < -0.3 is 15.8 Å². The Morgan fingerprint density at radius 1 is 1.39 bits per heavy atom. The minimum atomic E-state index is -1.07. The Hall–Kier alpha value is -1.40. The zero-order valence-corrected chi connectivity index (χ0v) is 10.2. The van der Waals surface area contributed by atoms with E-state index in [2.05, 4.69) is 0 Å². The van der Waals surface area contributed by atoms with Crippen LogP contribution in [0.4, 0.5) is 20.2 Å². The third kappa shape index (κ3) is 2.13. The molecule has 0 unspecified atom stereocenters. The third-order valence-electron chi connectivity index (χ3n) is 3.43. The Morgan fingerprint density at radius 2 is 2.00 bits per heavy atom. The summed E-state index contributed by atoms with van der Waals surface area (Å²) in [6.45, 7) is 1.47. The van der Waals surface area contributed by atoms with Crippen LogP contribution >= 0.6 is 0 Å². The fourth-order valence-corrected chi connectivity index (χ4v) is 2.20. The molecule has 0 heterocycles. The molecule has 18 heavy (non-hydrogen) atoms. The summed E-state index contributed by atoms with van der Waals surface area (Å²) >= 11 is 0. The highest BCUT2D eigenvalue weighted by molar-refractivity contribution is 5.69. The predicted molar refractivity (Wildman–Crippen MR) is 65.8 cm³/mol. The van der Waals surface area contributed by atoms with Gasteiger partial charge in [0.05, 0.1) is 17.8 Å². The number of hydrazine groups is 1. The Labute approximate surface area is 104 Å². The second kappa shape index (κ2) is 4.37. The Balaban J connectivity index is 2.30. The van der Waals surface area contributed by atoms with E-state index in [1.807, 2.05) is 0 Å². The molecule has 100 valence electrons. The lowest BCUT2D eigenvalue weighted by Crippen LogP contribution is -2.51. The van der Waals surface area contributed by atoms with Crippen LogP contribution in [0.3, 0.4) is 0 Å². The van der Waals surface area contributed by atoms with Gasteiger partial charge in [0.25, 0.3) is 0 Å². The number of benzene rings is 1. The fourth-order valence-electron chi connectivity index (χ4n) is 2.20. The van der Waals surface area contributed by atoms with E-state index in [4.69, 9.17) is 11.6 Å². The summed E-state index contributed by atoms with van der Waals surface area (Å²) in [5.41, 5.74) is 4.74. The van der Waals surface area contributed by atoms with Gasteiger partial charge in [-0.2, -0.15) is 0 Å². The second-order valence-corrected chi connectivity index (χ2v) is 4.97. The van der Waals surface area contributed by atoms with Gasteiger partial charge in [-0.05, 0) is 37.8 Å². The summed E-state index contributed by atoms with van der Waals surface area (Å²) in [4.78, 5) is 0. The van der Waals surface area contributed by atoms with Gasteiger partial charge in [-0.3, -0.25) is 0 Å². The van der Waals surface area contributed by atoms with Gasteiger partial charge in [-0.1, -0.05) is 0 Å². The van der Waals surface area contributed by atoms with Crippen LogP contribution in [0.15, 0.2) is 6.07 Å². The lowest BCUT2D eigenvalue weighted by atomic mass is 9.80. The summed E-state index contributed by atoms with van der Waals surface area (Å²) in [7, 11) is 0. The number of nitrogens with two attached hydrogens (primary N) is 2. The molecule has 2 rings (SSSR count). The van der Waals surface area contributed by atoms with Crippen LogP contribution in [0.25, 0.3) is 0 Å². The Morgan fingerprint density at radius 3 is 2.50 bits per heavy atom. The van der Waals surface area contributed by atoms with Gasteiger partial charge >= 0.3 is 0 Å². The summed E-state index contributed by atoms with van der Waals surface area (Å²) in [6.07, 6.45) is 2.12. The SMILES string of the molecule is Cc1cc(N)c(N(N)CC2(O)CCC2)c(F)c1F. The van der Waals surface area contributed by atoms with E-state index in [9.17, 15) is 13.9 Å². The normalized spacial score (nSPS) is 17.4. The van der Waals surface area contributed by atoms with Crippen molar-refractivity contribution >= 4 is 11.4 Å². The van der Waals surface area contributed by atoms with E-state index in [0.29, 0.717) is 12.8 Å². The molecule has 0 radical (unpaired) electrons. The first kappa shape index (κ1) is 13.0. The Bertz CT molecular complexity index is 475. The number of nitrogen functional groups attached to an aromatic ring is 1. The van der Waals surface area contributed by atoms with Crippen molar-refractivity contribution in [3.05, 3.63) is 23.3 Å². The van der Waals surface area contributed by atoms with Crippen molar-refractivity contribution in [3.8, 4) is 0 Å². The van der Waals surface area contributed by atoms with Crippen molar-refractivity contribution in [1.82, 2.24) is 0 Å². The summed E-state index contributed by atoms with van der Waals surface area (Å²) in [5, 5.41) is 11.0. The maximum atomic E-state index is 13.8. The number of aryl methyl sites for hydroxylation is 1. The topological polar surface area (TPSA) is 75.5 Å². The molecule has 0 spiro atoms. The fraction of sp³-hybridized carbons (Fsp3) is 0.500. The number of anilines is 2. The number of halogens is 2. The van der Waals surface area contributed by atoms with E-state index < -0.39 is 17.2 Å². The monoisotopic (exact) mass is 257 g/mol. The van der Waals surface area contributed by atoms with Crippen molar-refractivity contribution in [2.45, 2.75) is 31.8 Å². The van der Waals surface area contributed by atoms with Crippen LogP contribution in [0.2, 0.25) is 0 Å². The van der Waals surface area contributed by atoms with E-state index in [1.54, 1.807) is 0 Å². The minimum absolute atomic E-state index is 0.0383. The molecule has 6 heteroatoms. The van der Waals surface area contributed by atoms with Crippen LogP contribution in [0, 0.1) is 18.6 Å². The van der Waals surface area contributed by atoms with E-state index in [1.165, 1.54) is 13.0 Å². The van der Waals surface area contributed by atoms with Crippen LogP contribution in [-0.4, -0.2) is 17.3 Å². The second-order valence-electron chi connectivity index (χ2n) is 4.97.